The summed E-state index contributed by atoms with van der Waals surface area (Å²) in [6.45, 7) is -0.293. The summed E-state index contributed by atoms with van der Waals surface area (Å²) in [7, 11) is 0. The van der Waals surface area contributed by atoms with Gasteiger partial charge in [0, 0.05) is 0 Å². The molecule has 2 amide bonds. The highest BCUT2D eigenvalue weighted by atomic mass is 16.4. The van der Waals surface area contributed by atoms with E-state index in [1.165, 1.54) is 0 Å². The van der Waals surface area contributed by atoms with Gasteiger partial charge in [-0.1, -0.05) is 0 Å². The second-order valence-electron chi connectivity index (χ2n) is 2.52. The molecular weight excluding hydrogens is 208 g/mol. The Hall–Kier alpha value is -2.12. The van der Waals surface area contributed by atoms with Gasteiger partial charge in [-0.15, -0.1) is 0 Å². The average molecular weight is 218 g/mol. The van der Waals surface area contributed by atoms with Gasteiger partial charge in [0.25, 0.3) is 0 Å². The number of amides is 2. The van der Waals surface area contributed by atoms with Crippen LogP contribution < -0.4 is 10.6 Å². The van der Waals surface area contributed by atoms with Gasteiger partial charge >= 0.3 is 11.9 Å². The van der Waals surface area contributed by atoms with E-state index in [9.17, 15) is 19.2 Å². The number of hydrogen-bond donors (Lipinski definition) is 4. The fourth-order valence-electron chi connectivity index (χ4n) is 0.641. The highest BCUT2D eigenvalue weighted by Gasteiger charge is 2.08. The minimum atomic E-state index is -1.29. The van der Waals surface area contributed by atoms with E-state index in [2.05, 4.69) is 10.6 Å². The van der Waals surface area contributed by atoms with Crippen LogP contribution >= 0.6 is 0 Å². The number of carbonyl (C=O) groups is 4. The van der Waals surface area contributed by atoms with E-state index in [1.807, 2.05) is 0 Å². The zero-order chi connectivity index (χ0) is 11.8. The van der Waals surface area contributed by atoms with Crippen molar-refractivity contribution in [2.24, 2.45) is 0 Å². The standard InChI is InChI=1S/C7H10N2O6/c10-4(1-6(12)13)8-3-9-5(11)2-7(14)15/h1-3H2,(H,8,10)(H,9,11)(H,12,13)(H,14,15). The van der Waals surface area contributed by atoms with Gasteiger partial charge < -0.3 is 20.8 Å². The van der Waals surface area contributed by atoms with Crippen molar-refractivity contribution >= 4 is 23.8 Å². The molecule has 0 rings (SSSR count). The molecule has 0 heterocycles. The first-order chi connectivity index (χ1) is 6.91. The molecule has 0 fully saturated rings. The quantitative estimate of drug-likeness (QED) is 0.305. The van der Waals surface area contributed by atoms with Crippen LogP contribution in [0.1, 0.15) is 12.8 Å². The Morgan fingerprint density at radius 1 is 0.800 bits per heavy atom. The summed E-state index contributed by atoms with van der Waals surface area (Å²) in [5.41, 5.74) is 0. The molecule has 8 nitrogen and oxygen atoms in total. The van der Waals surface area contributed by atoms with E-state index >= 15 is 0 Å². The smallest absolute Gasteiger partial charge is 0.312 e. The molecule has 0 saturated heterocycles. The molecule has 0 aliphatic carbocycles. The molecule has 0 aromatic heterocycles. The summed E-state index contributed by atoms with van der Waals surface area (Å²) in [5, 5.41) is 20.5. The van der Waals surface area contributed by atoms with Crippen LogP contribution in [0.15, 0.2) is 0 Å². The van der Waals surface area contributed by atoms with Gasteiger partial charge in [0.2, 0.25) is 11.8 Å². The molecule has 0 aliphatic rings. The van der Waals surface area contributed by atoms with Crippen molar-refractivity contribution in [2.75, 3.05) is 6.67 Å². The largest absolute Gasteiger partial charge is 0.481 e. The van der Waals surface area contributed by atoms with Crippen molar-refractivity contribution in [1.82, 2.24) is 10.6 Å². The second-order valence-corrected chi connectivity index (χ2v) is 2.52. The van der Waals surface area contributed by atoms with Gasteiger partial charge in [0.05, 0.1) is 6.67 Å². The third kappa shape index (κ3) is 8.22. The second kappa shape index (κ2) is 6.35. The predicted octanol–water partition coefficient (Wildman–Crippen LogP) is -1.87. The Labute approximate surface area is 84.3 Å². The first-order valence-electron chi connectivity index (χ1n) is 3.89. The molecule has 0 unspecified atom stereocenters. The molecule has 8 heteroatoms. The number of nitrogens with one attached hydrogen (secondary N) is 2. The average Bonchev–Trinajstić information content (AvgIpc) is 2.00. The molecule has 84 valence electrons. The molecule has 0 aliphatic heterocycles. The van der Waals surface area contributed by atoms with Crippen LogP contribution in [0.2, 0.25) is 0 Å². The molecule has 0 saturated carbocycles. The molecule has 0 aromatic carbocycles. The van der Waals surface area contributed by atoms with Crippen molar-refractivity contribution in [3.05, 3.63) is 0 Å². The van der Waals surface area contributed by atoms with Gasteiger partial charge in [-0.05, 0) is 0 Å². The predicted molar refractivity (Wildman–Crippen MR) is 45.7 cm³/mol. The number of hydrogen-bond acceptors (Lipinski definition) is 4. The maximum Gasteiger partial charge on any atom is 0.312 e. The van der Waals surface area contributed by atoms with Crippen molar-refractivity contribution in [2.45, 2.75) is 12.8 Å². The summed E-state index contributed by atoms with van der Waals surface area (Å²) < 4.78 is 0. The molecule has 4 N–H and O–H groups in total. The first-order valence-corrected chi connectivity index (χ1v) is 3.89. The van der Waals surface area contributed by atoms with Crippen LogP contribution in [0.25, 0.3) is 0 Å². The van der Waals surface area contributed by atoms with Gasteiger partial charge in [-0.25, -0.2) is 0 Å². The molecule has 0 atom stereocenters. The lowest BCUT2D eigenvalue weighted by atomic mass is 10.4. The van der Waals surface area contributed by atoms with Gasteiger partial charge in [0.1, 0.15) is 12.8 Å². The van der Waals surface area contributed by atoms with Crippen LogP contribution in [0.5, 0.6) is 0 Å². The number of carboxylic acids is 2. The molecule has 0 radical (unpaired) electrons. The molecule has 15 heavy (non-hydrogen) atoms. The van der Waals surface area contributed by atoms with Crippen molar-refractivity contribution < 1.29 is 29.4 Å². The summed E-state index contributed by atoms with van der Waals surface area (Å²) >= 11 is 0. The molecule has 0 aromatic rings. The van der Waals surface area contributed by atoms with Crippen LogP contribution in [-0.4, -0.2) is 40.6 Å². The van der Waals surface area contributed by atoms with E-state index in [-0.39, 0.29) is 6.67 Å². The minimum Gasteiger partial charge on any atom is -0.481 e. The number of rotatable bonds is 6. The highest BCUT2D eigenvalue weighted by Crippen LogP contribution is 1.79. The van der Waals surface area contributed by atoms with Gasteiger partial charge in [0.15, 0.2) is 0 Å². The van der Waals surface area contributed by atoms with Gasteiger partial charge in [-0.2, -0.15) is 0 Å². The lowest BCUT2D eigenvalue weighted by molar-refractivity contribution is -0.141. The van der Waals surface area contributed by atoms with E-state index in [4.69, 9.17) is 10.2 Å². The van der Waals surface area contributed by atoms with E-state index in [0.717, 1.165) is 0 Å². The fourth-order valence-corrected chi connectivity index (χ4v) is 0.641. The maximum atomic E-state index is 10.7. The third-order valence-electron chi connectivity index (χ3n) is 1.19. The Balaban J connectivity index is 3.61. The third-order valence-corrected chi connectivity index (χ3v) is 1.19. The lowest BCUT2D eigenvalue weighted by Gasteiger charge is -2.04. The zero-order valence-electron chi connectivity index (χ0n) is 7.65. The first kappa shape index (κ1) is 12.9. The van der Waals surface area contributed by atoms with Gasteiger partial charge in [-0.3, -0.25) is 19.2 Å². The summed E-state index contributed by atoms with van der Waals surface area (Å²) in [6.07, 6.45) is -1.40. The number of carboxylic acid groups (broad SMARTS) is 2. The number of carbonyl (C=O) groups excluding carboxylic acids is 2. The normalized spacial score (nSPS) is 9.07. The SMILES string of the molecule is O=C(O)CC(=O)NCNC(=O)CC(=O)O. The van der Waals surface area contributed by atoms with Crippen LogP contribution in [0.4, 0.5) is 0 Å². The summed E-state index contributed by atoms with van der Waals surface area (Å²) in [4.78, 5) is 41.4. The Bertz CT molecular complexity index is 259. The van der Waals surface area contributed by atoms with Crippen LogP contribution in [0.3, 0.4) is 0 Å². The van der Waals surface area contributed by atoms with E-state index in [1.54, 1.807) is 0 Å². The Morgan fingerprint density at radius 2 is 1.13 bits per heavy atom. The van der Waals surface area contributed by atoms with E-state index < -0.39 is 36.6 Å². The van der Waals surface area contributed by atoms with Crippen LogP contribution in [0, 0.1) is 0 Å². The summed E-state index contributed by atoms with van der Waals surface area (Å²) in [6, 6.07) is 0. The monoisotopic (exact) mass is 218 g/mol. The molecule has 0 spiro atoms. The van der Waals surface area contributed by atoms with E-state index in [0.29, 0.717) is 0 Å². The highest BCUT2D eigenvalue weighted by molar-refractivity contribution is 5.94. The zero-order valence-corrected chi connectivity index (χ0v) is 7.65. The number of aliphatic carboxylic acids is 2. The Kier molecular flexibility index (Phi) is 5.45. The topological polar surface area (TPSA) is 133 Å². The Morgan fingerprint density at radius 3 is 1.40 bits per heavy atom. The van der Waals surface area contributed by atoms with Crippen molar-refractivity contribution in [3.8, 4) is 0 Å². The molecule has 0 bridgehead atoms. The molecular formula is C7H10N2O6. The maximum absolute atomic E-state index is 10.7. The summed E-state index contributed by atoms with van der Waals surface area (Å²) in [5.74, 6) is -4.11. The van der Waals surface area contributed by atoms with Crippen LogP contribution in [-0.2, 0) is 19.2 Å². The van der Waals surface area contributed by atoms with Crippen molar-refractivity contribution in [3.63, 3.8) is 0 Å². The van der Waals surface area contributed by atoms with Crippen molar-refractivity contribution in [1.29, 1.82) is 0 Å². The fraction of sp³-hybridized carbons (Fsp3) is 0.429. The lowest BCUT2D eigenvalue weighted by Crippen LogP contribution is -2.38. The minimum absolute atomic E-state index is 0.293.